The van der Waals surface area contributed by atoms with Crippen molar-refractivity contribution in [3.8, 4) is 0 Å². The van der Waals surface area contributed by atoms with E-state index in [1.54, 1.807) is 0 Å². The van der Waals surface area contributed by atoms with Crippen LogP contribution in [0, 0.1) is 13.8 Å². The zero-order valence-corrected chi connectivity index (χ0v) is 12.8. The van der Waals surface area contributed by atoms with Crippen LogP contribution < -0.4 is 5.32 Å². The van der Waals surface area contributed by atoms with Gasteiger partial charge in [-0.15, -0.1) is 11.3 Å². The molecule has 18 heavy (non-hydrogen) atoms. The highest BCUT2D eigenvalue weighted by atomic mass is 32.1. The second-order valence-electron chi connectivity index (χ2n) is 5.30. The molecule has 1 aliphatic heterocycles. The van der Waals surface area contributed by atoms with Gasteiger partial charge in [-0.25, -0.2) is 4.98 Å². The highest BCUT2D eigenvalue weighted by molar-refractivity contribution is 7.11. The van der Waals surface area contributed by atoms with Crippen LogP contribution in [-0.2, 0) is 0 Å². The first-order chi connectivity index (χ1) is 8.63. The lowest BCUT2D eigenvalue weighted by Crippen LogP contribution is -2.46. The molecule has 4 heteroatoms. The van der Waals surface area contributed by atoms with Gasteiger partial charge in [-0.2, -0.15) is 0 Å². The Kier molecular flexibility index (Phi) is 4.76. The van der Waals surface area contributed by atoms with Crippen molar-refractivity contribution in [3.05, 3.63) is 15.6 Å². The Morgan fingerprint density at radius 2 is 2.22 bits per heavy atom. The molecule has 102 valence electrons. The van der Waals surface area contributed by atoms with Crippen LogP contribution in [-0.4, -0.2) is 36.1 Å². The van der Waals surface area contributed by atoms with E-state index in [1.807, 2.05) is 11.3 Å². The van der Waals surface area contributed by atoms with Crippen molar-refractivity contribution in [1.29, 1.82) is 0 Å². The van der Waals surface area contributed by atoms with Gasteiger partial charge in [0.1, 0.15) is 0 Å². The third kappa shape index (κ3) is 2.92. The molecule has 2 rings (SSSR count). The van der Waals surface area contributed by atoms with Crippen LogP contribution >= 0.6 is 11.3 Å². The second-order valence-corrected chi connectivity index (χ2v) is 6.70. The summed E-state index contributed by atoms with van der Waals surface area (Å²) in [6, 6.07) is 1.12. The lowest BCUT2D eigenvalue weighted by Gasteiger charge is -2.39. The third-order valence-corrected chi connectivity index (χ3v) is 4.85. The maximum Gasteiger partial charge on any atom is 0.0900 e. The van der Waals surface area contributed by atoms with Gasteiger partial charge in [0.05, 0.1) is 16.7 Å². The lowest BCUT2D eigenvalue weighted by atomic mass is 9.99. The molecule has 0 amide bonds. The molecule has 0 radical (unpaired) electrons. The molecule has 1 fully saturated rings. The Balaban J connectivity index is 2.15. The highest BCUT2D eigenvalue weighted by Gasteiger charge is 2.28. The van der Waals surface area contributed by atoms with Crippen LogP contribution in [0.2, 0.25) is 0 Å². The normalized spacial score (nSPS) is 23.2. The Hall–Kier alpha value is -0.450. The van der Waals surface area contributed by atoms with E-state index in [1.165, 1.54) is 41.4 Å². The van der Waals surface area contributed by atoms with E-state index in [0.717, 1.165) is 6.54 Å². The summed E-state index contributed by atoms with van der Waals surface area (Å²) >= 11 is 1.82. The molecule has 0 aliphatic carbocycles. The monoisotopic (exact) mass is 267 g/mol. The Morgan fingerprint density at radius 1 is 1.44 bits per heavy atom. The van der Waals surface area contributed by atoms with Gasteiger partial charge in [0.2, 0.25) is 0 Å². The molecule has 1 aromatic heterocycles. The number of likely N-dealkylation sites (N-methyl/N-ethyl adjacent to an activating group) is 1. The molecule has 0 spiro atoms. The maximum absolute atomic E-state index is 4.74. The Bertz CT molecular complexity index is 386. The van der Waals surface area contributed by atoms with Gasteiger partial charge >= 0.3 is 0 Å². The number of likely N-dealkylation sites (tertiary alicyclic amines) is 1. The summed E-state index contributed by atoms with van der Waals surface area (Å²) in [5.74, 6) is 0. The van der Waals surface area contributed by atoms with Gasteiger partial charge in [0, 0.05) is 17.5 Å². The molecular formula is C14H25N3S. The number of aromatic nitrogens is 1. The molecule has 1 N–H and O–H groups in total. The number of aryl methyl sites for hydroxylation is 2. The zero-order valence-electron chi connectivity index (χ0n) is 12.0. The molecule has 2 unspecified atom stereocenters. The highest BCUT2D eigenvalue weighted by Crippen LogP contribution is 2.31. The minimum Gasteiger partial charge on any atom is -0.318 e. The van der Waals surface area contributed by atoms with Gasteiger partial charge in [-0.3, -0.25) is 4.90 Å². The summed E-state index contributed by atoms with van der Waals surface area (Å²) in [7, 11) is 2.05. The first-order valence-electron chi connectivity index (χ1n) is 6.97. The number of nitrogens with zero attached hydrogens (tertiary/aromatic N) is 2. The number of thiazole rings is 1. The number of hydrogen-bond acceptors (Lipinski definition) is 4. The smallest absolute Gasteiger partial charge is 0.0900 e. The number of piperidine rings is 1. The van der Waals surface area contributed by atoms with E-state index in [2.05, 4.69) is 38.0 Å². The van der Waals surface area contributed by atoms with Crippen molar-refractivity contribution in [3.63, 3.8) is 0 Å². The summed E-state index contributed by atoms with van der Waals surface area (Å²) in [5.41, 5.74) is 1.29. The SMILES string of the molecule is CNCC1CCCCN1C(C)c1nc(C)sc1C. The van der Waals surface area contributed by atoms with Crippen molar-refractivity contribution in [2.45, 2.75) is 52.1 Å². The molecular weight excluding hydrogens is 242 g/mol. The Labute approximate surface area is 115 Å². The average Bonchev–Trinajstić information content (AvgIpc) is 2.69. The molecule has 2 atom stereocenters. The fourth-order valence-corrected chi connectivity index (χ4v) is 3.99. The predicted octanol–water partition coefficient (Wildman–Crippen LogP) is 2.89. The number of hydrogen-bond donors (Lipinski definition) is 1. The van der Waals surface area contributed by atoms with Crippen LogP contribution in [0.3, 0.4) is 0 Å². The van der Waals surface area contributed by atoms with Gasteiger partial charge in [0.25, 0.3) is 0 Å². The predicted molar refractivity (Wildman–Crippen MR) is 78.3 cm³/mol. The van der Waals surface area contributed by atoms with Crippen molar-refractivity contribution in [2.24, 2.45) is 0 Å². The molecule has 0 bridgehead atoms. The van der Waals surface area contributed by atoms with Crippen LogP contribution in [0.5, 0.6) is 0 Å². The van der Waals surface area contributed by atoms with Crippen LogP contribution in [0.15, 0.2) is 0 Å². The Morgan fingerprint density at radius 3 is 2.83 bits per heavy atom. The molecule has 1 aromatic rings. The van der Waals surface area contributed by atoms with E-state index >= 15 is 0 Å². The molecule has 1 aliphatic rings. The lowest BCUT2D eigenvalue weighted by molar-refractivity contribution is 0.101. The van der Waals surface area contributed by atoms with Gasteiger partial charge in [-0.1, -0.05) is 6.42 Å². The van der Waals surface area contributed by atoms with Gasteiger partial charge < -0.3 is 5.32 Å². The number of rotatable bonds is 4. The standard InChI is InChI=1S/C14H25N3S/c1-10(14-11(2)18-12(3)16-14)17-8-6-5-7-13(17)9-15-4/h10,13,15H,5-9H2,1-4H3. The summed E-state index contributed by atoms with van der Waals surface area (Å²) in [6.45, 7) is 8.92. The fraction of sp³-hybridized carbons (Fsp3) is 0.786. The van der Waals surface area contributed by atoms with Crippen molar-refractivity contribution >= 4 is 11.3 Å². The third-order valence-electron chi connectivity index (χ3n) is 3.95. The van der Waals surface area contributed by atoms with Crippen molar-refractivity contribution < 1.29 is 0 Å². The van der Waals surface area contributed by atoms with E-state index in [4.69, 9.17) is 4.98 Å². The second kappa shape index (κ2) is 6.13. The summed E-state index contributed by atoms with van der Waals surface area (Å²) in [4.78, 5) is 8.76. The minimum absolute atomic E-state index is 0.452. The summed E-state index contributed by atoms with van der Waals surface area (Å²) in [5, 5.41) is 4.53. The maximum atomic E-state index is 4.74. The van der Waals surface area contributed by atoms with Crippen LogP contribution in [0.4, 0.5) is 0 Å². The molecule has 2 heterocycles. The number of nitrogens with one attached hydrogen (secondary N) is 1. The van der Waals surface area contributed by atoms with Gasteiger partial charge in [-0.05, 0) is 47.2 Å². The van der Waals surface area contributed by atoms with Crippen molar-refractivity contribution in [2.75, 3.05) is 20.1 Å². The van der Waals surface area contributed by atoms with E-state index in [0.29, 0.717) is 12.1 Å². The average molecular weight is 267 g/mol. The minimum atomic E-state index is 0.452. The van der Waals surface area contributed by atoms with Crippen molar-refractivity contribution in [1.82, 2.24) is 15.2 Å². The molecule has 0 saturated carbocycles. The summed E-state index contributed by atoms with van der Waals surface area (Å²) in [6.07, 6.45) is 4.00. The van der Waals surface area contributed by atoms with Gasteiger partial charge in [0.15, 0.2) is 0 Å². The topological polar surface area (TPSA) is 28.2 Å². The largest absolute Gasteiger partial charge is 0.318 e. The summed E-state index contributed by atoms with van der Waals surface area (Å²) < 4.78 is 0. The van der Waals surface area contributed by atoms with E-state index < -0.39 is 0 Å². The molecule has 3 nitrogen and oxygen atoms in total. The molecule has 1 saturated heterocycles. The fourth-order valence-electron chi connectivity index (χ4n) is 3.08. The van der Waals surface area contributed by atoms with Crippen LogP contribution in [0.1, 0.15) is 47.8 Å². The molecule has 0 aromatic carbocycles. The van der Waals surface area contributed by atoms with Crippen LogP contribution in [0.25, 0.3) is 0 Å². The van der Waals surface area contributed by atoms with E-state index in [-0.39, 0.29) is 0 Å². The quantitative estimate of drug-likeness (QED) is 0.909. The first kappa shape index (κ1) is 14.0. The zero-order chi connectivity index (χ0) is 13.1. The first-order valence-corrected chi connectivity index (χ1v) is 7.79. The van der Waals surface area contributed by atoms with E-state index in [9.17, 15) is 0 Å².